The van der Waals surface area contributed by atoms with Crippen molar-refractivity contribution < 1.29 is 13.6 Å². The number of aryl methyl sites for hydroxylation is 2. The molecule has 3 nitrogen and oxygen atoms in total. The second kappa shape index (κ2) is 5.81. The van der Waals surface area contributed by atoms with Gasteiger partial charge in [-0.1, -0.05) is 0 Å². The van der Waals surface area contributed by atoms with E-state index in [9.17, 15) is 13.6 Å². The normalized spacial score (nSPS) is 12.2. The van der Waals surface area contributed by atoms with Crippen LogP contribution in [0.3, 0.4) is 0 Å². The Morgan fingerprint density at radius 1 is 1.29 bits per heavy atom. The van der Waals surface area contributed by atoms with E-state index in [0.717, 1.165) is 27.5 Å². The SMILES string of the molecule is Cc1cc(C(C)NC(=O)c2cc(F)cc(N)c2F)c(C)s1. The van der Waals surface area contributed by atoms with Gasteiger partial charge in [-0.25, -0.2) is 8.78 Å². The number of amides is 1. The van der Waals surface area contributed by atoms with E-state index in [1.54, 1.807) is 18.3 Å². The van der Waals surface area contributed by atoms with Gasteiger partial charge in [-0.05, 0) is 44.5 Å². The molecule has 1 aromatic heterocycles. The van der Waals surface area contributed by atoms with Gasteiger partial charge in [-0.2, -0.15) is 0 Å². The quantitative estimate of drug-likeness (QED) is 0.849. The first kappa shape index (κ1) is 15.4. The van der Waals surface area contributed by atoms with Crippen LogP contribution in [-0.2, 0) is 0 Å². The van der Waals surface area contributed by atoms with Crippen LogP contribution in [0, 0.1) is 25.5 Å². The Hall–Kier alpha value is -1.95. The van der Waals surface area contributed by atoms with Crippen LogP contribution in [0.2, 0.25) is 0 Å². The number of rotatable bonds is 3. The van der Waals surface area contributed by atoms with Crippen LogP contribution in [0.1, 0.15) is 38.6 Å². The smallest absolute Gasteiger partial charge is 0.254 e. The van der Waals surface area contributed by atoms with Crippen molar-refractivity contribution in [1.29, 1.82) is 0 Å². The summed E-state index contributed by atoms with van der Waals surface area (Å²) < 4.78 is 27.1. The summed E-state index contributed by atoms with van der Waals surface area (Å²) in [6.45, 7) is 5.73. The van der Waals surface area contributed by atoms with Gasteiger partial charge in [-0.15, -0.1) is 11.3 Å². The monoisotopic (exact) mass is 310 g/mol. The fourth-order valence-electron chi connectivity index (χ4n) is 2.21. The van der Waals surface area contributed by atoms with Gasteiger partial charge in [-0.3, -0.25) is 4.79 Å². The number of anilines is 1. The Bertz CT molecular complexity index is 697. The van der Waals surface area contributed by atoms with Gasteiger partial charge in [0.2, 0.25) is 0 Å². The van der Waals surface area contributed by atoms with E-state index in [4.69, 9.17) is 5.73 Å². The summed E-state index contributed by atoms with van der Waals surface area (Å²) in [5.74, 6) is -2.33. The maximum absolute atomic E-state index is 13.8. The van der Waals surface area contributed by atoms with Gasteiger partial charge in [0.05, 0.1) is 17.3 Å². The molecule has 3 N–H and O–H groups in total. The Morgan fingerprint density at radius 2 is 1.95 bits per heavy atom. The van der Waals surface area contributed by atoms with Crippen molar-refractivity contribution >= 4 is 22.9 Å². The Kier molecular flexibility index (Phi) is 4.27. The summed E-state index contributed by atoms with van der Waals surface area (Å²) in [4.78, 5) is 14.3. The fourth-order valence-corrected chi connectivity index (χ4v) is 3.23. The second-order valence-corrected chi connectivity index (χ2v) is 6.38. The van der Waals surface area contributed by atoms with Crippen LogP contribution >= 0.6 is 11.3 Å². The van der Waals surface area contributed by atoms with Gasteiger partial charge in [0.25, 0.3) is 5.91 Å². The van der Waals surface area contributed by atoms with Crippen LogP contribution in [0.15, 0.2) is 18.2 Å². The molecular formula is C15H16F2N2OS. The zero-order valence-electron chi connectivity index (χ0n) is 12.0. The average Bonchev–Trinajstić information content (AvgIpc) is 2.72. The number of nitrogens with two attached hydrogens (primary N) is 1. The van der Waals surface area contributed by atoms with Crippen LogP contribution < -0.4 is 11.1 Å². The Labute approximate surface area is 125 Å². The zero-order chi connectivity index (χ0) is 15.7. The largest absolute Gasteiger partial charge is 0.396 e. The molecule has 2 rings (SSSR count). The topological polar surface area (TPSA) is 55.1 Å². The van der Waals surface area contributed by atoms with E-state index in [0.29, 0.717) is 0 Å². The van der Waals surface area contributed by atoms with Crippen LogP contribution in [0.25, 0.3) is 0 Å². The summed E-state index contributed by atoms with van der Waals surface area (Å²) in [6.07, 6.45) is 0. The van der Waals surface area contributed by atoms with Crippen LogP contribution in [0.4, 0.5) is 14.5 Å². The van der Waals surface area contributed by atoms with E-state index in [1.165, 1.54) is 0 Å². The Morgan fingerprint density at radius 3 is 2.52 bits per heavy atom. The maximum Gasteiger partial charge on any atom is 0.254 e. The number of thiophene rings is 1. The third kappa shape index (κ3) is 3.21. The first-order valence-electron chi connectivity index (χ1n) is 6.42. The van der Waals surface area contributed by atoms with Gasteiger partial charge in [0.1, 0.15) is 5.82 Å². The molecule has 0 fully saturated rings. The van der Waals surface area contributed by atoms with E-state index < -0.39 is 17.5 Å². The molecule has 6 heteroatoms. The standard InChI is InChI=1S/C15H16F2N2OS/c1-7-4-11(9(3)21-7)8(2)19-15(20)12-5-10(16)6-13(18)14(12)17/h4-6,8H,18H2,1-3H3,(H,19,20). The van der Waals surface area contributed by atoms with Crippen molar-refractivity contribution in [3.63, 3.8) is 0 Å². The summed E-state index contributed by atoms with van der Waals surface area (Å²) in [5, 5.41) is 2.67. The number of hydrogen-bond acceptors (Lipinski definition) is 3. The lowest BCUT2D eigenvalue weighted by Gasteiger charge is -2.15. The number of benzene rings is 1. The summed E-state index contributed by atoms with van der Waals surface area (Å²) >= 11 is 1.62. The maximum atomic E-state index is 13.8. The predicted octanol–water partition coefficient (Wildman–Crippen LogP) is 3.72. The number of nitrogens with one attached hydrogen (secondary N) is 1. The predicted molar refractivity (Wildman–Crippen MR) is 80.4 cm³/mol. The molecule has 1 unspecified atom stereocenters. The van der Waals surface area contributed by atoms with Crippen molar-refractivity contribution in [3.05, 3.63) is 50.7 Å². The number of halogens is 2. The molecule has 1 atom stereocenters. The van der Waals surface area contributed by atoms with Crippen molar-refractivity contribution in [2.45, 2.75) is 26.8 Å². The van der Waals surface area contributed by atoms with Crippen molar-refractivity contribution in [3.8, 4) is 0 Å². The third-order valence-corrected chi connectivity index (χ3v) is 4.19. The lowest BCUT2D eigenvalue weighted by molar-refractivity contribution is 0.0935. The fraction of sp³-hybridized carbons (Fsp3) is 0.267. The number of nitrogen functional groups attached to an aromatic ring is 1. The van der Waals surface area contributed by atoms with E-state index >= 15 is 0 Å². The highest BCUT2D eigenvalue weighted by Gasteiger charge is 2.19. The minimum Gasteiger partial charge on any atom is -0.396 e. The highest BCUT2D eigenvalue weighted by Crippen LogP contribution is 2.26. The molecule has 0 saturated carbocycles. The number of carbonyl (C=O) groups is 1. The minimum absolute atomic E-state index is 0.300. The molecule has 0 aliphatic heterocycles. The summed E-state index contributed by atoms with van der Waals surface area (Å²) in [7, 11) is 0. The van der Waals surface area contributed by atoms with Gasteiger partial charge >= 0.3 is 0 Å². The highest BCUT2D eigenvalue weighted by molar-refractivity contribution is 7.12. The molecule has 0 aliphatic rings. The summed E-state index contributed by atoms with van der Waals surface area (Å²) in [5.41, 5.74) is 5.54. The zero-order valence-corrected chi connectivity index (χ0v) is 12.8. The number of hydrogen-bond donors (Lipinski definition) is 2. The molecule has 1 heterocycles. The number of carbonyl (C=O) groups excluding carboxylic acids is 1. The lowest BCUT2D eigenvalue weighted by atomic mass is 10.1. The lowest BCUT2D eigenvalue weighted by Crippen LogP contribution is -2.28. The van der Waals surface area contributed by atoms with Crippen LogP contribution in [-0.4, -0.2) is 5.91 Å². The van der Waals surface area contributed by atoms with Gasteiger partial charge < -0.3 is 11.1 Å². The first-order chi connectivity index (χ1) is 9.79. The molecule has 21 heavy (non-hydrogen) atoms. The Balaban J connectivity index is 2.24. The molecule has 0 radical (unpaired) electrons. The summed E-state index contributed by atoms with van der Waals surface area (Å²) in [6, 6.07) is 3.37. The van der Waals surface area contributed by atoms with E-state index in [2.05, 4.69) is 5.32 Å². The van der Waals surface area contributed by atoms with Crippen molar-refractivity contribution in [1.82, 2.24) is 5.32 Å². The molecule has 0 saturated heterocycles. The average molecular weight is 310 g/mol. The van der Waals surface area contributed by atoms with E-state index in [1.807, 2.05) is 19.9 Å². The molecular weight excluding hydrogens is 294 g/mol. The van der Waals surface area contributed by atoms with Gasteiger partial charge in [0.15, 0.2) is 5.82 Å². The second-order valence-electron chi connectivity index (χ2n) is 4.92. The van der Waals surface area contributed by atoms with Crippen LogP contribution in [0.5, 0.6) is 0 Å². The molecule has 0 aliphatic carbocycles. The highest BCUT2D eigenvalue weighted by atomic mass is 32.1. The van der Waals surface area contributed by atoms with Gasteiger partial charge in [0, 0.05) is 9.75 Å². The third-order valence-electron chi connectivity index (χ3n) is 3.20. The van der Waals surface area contributed by atoms with Crippen molar-refractivity contribution in [2.75, 3.05) is 5.73 Å². The first-order valence-corrected chi connectivity index (χ1v) is 7.23. The van der Waals surface area contributed by atoms with Crippen molar-refractivity contribution in [2.24, 2.45) is 0 Å². The molecule has 112 valence electrons. The molecule has 2 aromatic rings. The minimum atomic E-state index is -0.903. The molecule has 1 aromatic carbocycles. The molecule has 0 bridgehead atoms. The van der Waals surface area contributed by atoms with E-state index in [-0.39, 0.29) is 17.3 Å². The molecule has 0 spiro atoms. The molecule has 1 amide bonds.